The van der Waals surface area contributed by atoms with Crippen LogP contribution in [0.3, 0.4) is 0 Å². The van der Waals surface area contributed by atoms with Gasteiger partial charge in [0.05, 0.1) is 19.8 Å². The van der Waals surface area contributed by atoms with Crippen LogP contribution in [0.4, 0.5) is 4.39 Å². The molecule has 92 valence electrons. The number of halogens is 1. The van der Waals surface area contributed by atoms with Gasteiger partial charge in [-0.25, -0.2) is 4.39 Å². The Morgan fingerprint density at radius 2 is 1.88 bits per heavy atom. The van der Waals surface area contributed by atoms with Gasteiger partial charge in [0, 0.05) is 12.5 Å². The molecule has 1 fully saturated rings. The third-order valence-electron chi connectivity index (χ3n) is 2.94. The number of Topliss-reactive ketones (excluding diaryl/α,β-unsaturated/α-hetero) is 1. The second kappa shape index (κ2) is 4.73. The van der Waals surface area contributed by atoms with Crippen molar-refractivity contribution < 1.29 is 18.7 Å². The Kier molecular flexibility index (Phi) is 3.31. The van der Waals surface area contributed by atoms with Gasteiger partial charge in [0.1, 0.15) is 5.82 Å². The average Bonchev–Trinajstić information content (AvgIpc) is 3.12. The number of hydrogen-bond donors (Lipinski definition) is 0. The summed E-state index contributed by atoms with van der Waals surface area (Å²) < 4.78 is 23.7. The van der Waals surface area contributed by atoms with Crippen molar-refractivity contribution in [1.82, 2.24) is 0 Å². The summed E-state index contributed by atoms with van der Waals surface area (Å²) in [6, 6.07) is 2.61. The predicted molar refractivity (Wildman–Crippen MR) is 61.2 cm³/mol. The van der Waals surface area contributed by atoms with Crippen molar-refractivity contribution in [1.29, 1.82) is 0 Å². The molecule has 1 aliphatic rings. The molecule has 2 rings (SSSR count). The highest BCUT2D eigenvalue weighted by Gasteiger charge is 2.27. The number of carbonyl (C=O) groups excluding carboxylic acids is 1. The molecule has 17 heavy (non-hydrogen) atoms. The first-order chi connectivity index (χ1) is 8.15. The van der Waals surface area contributed by atoms with Crippen molar-refractivity contribution in [3.05, 3.63) is 23.5 Å². The fourth-order valence-electron chi connectivity index (χ4n) is 1.76. The minimum Gasteiger partial charge on any atom is -0.493 e. The minimum absolute atomic E-state index is 0.0922. The lowest BCUT2D eigenvalue weighted by atomic mass is 10.0. The van der Waals surface area contributed by atoms with Crippen LogP contribution in [0.2, 0.25) is 0 Å². The maximum absolute atomic E-state index is 13.7. The highest BCUT2D eigenvalue weighted by Crippen LogP contribution is 2.35. The maximum atomic E-state index is 13.7. The summed E-state index contributed by atoms with van der Waals surface area (Å²) in [6.45, 7) is 0. The smallest absolute Gasteiger partial charge is 0.166 e. The molecule has 4 heteroatoms. The number of methoxy groups -OCH3 is 2. The molecule has 0 radical (unpaired) electrons. The van der Waals surface area contributed by atoms with Crippen LogP contribution in [-0.4, -0.2) is 20.0 Å². The Hall–Kier alpha value is -1.58. The van der Waals surface area contributed by atoms with E-state index < -0.39 is 5.82 Å². The zero-order valence-corrected chi connectivity index (χ0v) is 9.96. The second-order valence-electron chi connectivity index (χ2n) is 4.26. The molecule has 1 aromatic carbocycles. The van der Waals surface area contributed by atoms with E-state index in [1.807, 2.05) is 0 Å². The third kappa shape index (κ3) is 2.57. The van der Waals surface area contributed by atoms with E-state index in [1.54, 1.807) is 0 Å². The molecule has 0 spiro atoms. The molecule has 0 bridgehead atoms. The third-order valence-corrected chi connectivity index (χ3v) is 2.94. The van der Waals surface area contributed by atoms with Gasteiger partial charge < -0.3 is 9.47 Å². The van der Waals surface area contributed by atoms with Crippen LogP contribution < -0.4 is 9.47 Å². The van der Waals surface area contributed by atoms with Gasteiger partial charge in [-0.1, -0.05) is 0 Å². The Labute approximate surface area is 99.5 Å². The number of benzene rings is 1. The molecule has 3 nitrogen and oxygen atoms in total. The predicted octanol–water partition coefficient (Wildman–Crippen LogP) is 2.83. The van der Waals surface area contributed by atoms with E-state index >= 15 is 0 Å². The molecule has 0 heterocycles. The Balaban J connectivity index is 2.28. The van der Waals surface area contributed by atoms with Gasteiger partial charge >= 0.3 is 0 Å². The topological polar surface area (TPSA) is 35.5 Å². The van der Waals surface area contributed by atoms with E-state index in [0.717, 1.165) is 12.8 Å². The van der Waals surface area contributed by atoms with Crippen molar-refractivity contribution in [3.8, 4) is 11.5 Å². The van der Waals surface area contributed by atoms with Gasteiger partial charge in [-0.2, -0.15) is 0 Å². The molecule has 0 amide bonds. The molecule has 0 saturated heterocycles. The number of carbonyl (C=O) groups is 1. The SMILES string of the molecule is COc1cc(F)c(C(=O)CC2CC2)cc1OC. The van der Waals surface area contributed by atoms with E-state index in [-0.39, 0.29) is 11.3 Å². The van der Waals surface area contributed by atoms with E-state index in [0.29, 0.717) is 23.8 Å². The summed E-state index contributed by atoms with van der Waals surface area (Å²) in [5.74, 6) is 0.412. The van der Waals surface area contributed by atoms with Gasteiger partial charge in [0.15, 0.2) is 17.3 Å². The first kappa shape index (κ1) is 11.9. The zero-order chi connectivity index (χ0) is 12.4. The van der Waals surface area contributed by atoms with Crippen LogP contribution in [0.1, 0.15) is 29.6 Å². The number of ketones is 1. The highest BCUT2D eigenvalue weighted by atomic mass is 19.1. The molecule has 0 unspecified atom stereocenters. The molecule has 1 aromatic rings. The van der Waals surface area contributed by atoms with Gasteiger partial charge in [0.2, 0.25) is 0 Å². The van der Waals surface area contributed by atoms with Crippen LogP contribution in [0.15, 0.2) is 12.1 Å². The highest BCUT2D eigenvalue weighted by molar-refractivity contribution is 5.97. The van der Waals surface area contributed by atoms with Crippen molar-refractivity contribution in [2.75, 3.05) is 14.2 Å². The fourth-order valence-corrected chi connectivity index (χ4v) is 1.76. The molecule has 0 aromatic heterocycles. The van der Waals surface area contributed by atoms with Crippen LogP contribution in [0.25, 0.3) is 0 Å². The minimum atomic E-state index is -0.548. The lowest BCUT2D eigenvalue weighted by molar-refractivity contribution is 0.0971. The molecule has 0 aliphatic heterocycles. The summed E-state index contributed by atoms with van der Waals surface area (Å²) in [4.78, 5) is 11.8. The normalized spacial score (nSPS) is 14.5. The standard InChI is InChI=1S/C13H15FO3/c1-16-12-6-9(10(14)7-13(12)17-2)11(15)5-8-3-4-8/h6-8H,3-5H2,1-2H3. The van der Waals surface area contributed by atoms with Crippen LogP contribution in [-0.2, 0) is 0 Å². The van der Waals surface area contributed by atoms with Crippen molar-refractivity contribution >= 4 is 5.78 Å². The zero-order valence-electron chi connectivity index (χ0n) is 9.96. The van der Waals surface area contributed by atoms with Crippen LogP contribution >= 0.6 is 0 Å². The molecule has 1 saturated carbocycles. The van der Waals surface area contributed by atoms with E-state index in [4.69, 9.17) is 9.47 Å². The van der Waals surface area contributed by atoms with Gasteiger partial charge in [-0.3, -0.25) is 4.79 Å². The summed E-state index contributed by atoms with van der Waals surface area (Å²) in [7, 11) is 2.90. The summed E-state index contributed by atoms with van der Waals surface area (Å²) in [5.41, 5.74) is 0.0922. The van der Waals surface area contributed by atoms with Crippen LogP contribution in [0, 0.1) is 11.7 Å². The van der Waals surface area contributed by atoms with E-state index in [9.17, 15) is 9.18 Å². The van der Waals surface area contributed by atoms with E-state index in [2.05, 4.69) is 0 Å². The molecule has 0 atom stereocenters. The summed E-state index contributed by atoms with van der Waals surface area (Å²) in [6.07, 6.45) is 2.56. The largest absolute Gasteiger partial charge is 0.493 e. The Morgan fingerprint density at radius 3 is 2.41 bits per heavy atom. The number of hydrogen-bond acceptors (Lipinski definition) is 3. The summed E-state index contributed by atoms with van der Waals surface area (Å²) >= 11 is 0. The summed E-state index contributed by atoms with van der Waals surface area (Å²) in [5, 5.41) is 0. The molecule has 0 N–H and O–H groups in total. The monoisotopic (exact) mass is 238 g/mol. The molecule has 1 aliphatic carbocycles. The molecular weight excluding hydrogens is 223 g/mol. The Morgan fingerprint density at radius 1 is 1.29 bits per heavy atom. The van der Waals surface area contributed by atoms with E-state index in [1.165, 1.54) is 26.4 Å². The maximum Gasteiger partial charge on any atom is 0.166 e. The number of rotatable bonds is 5. The lowest BCUT2D eigenvalue weighted by Gasteiger charge is -2.10. The van der Waals surface area contributed by atoms with Crippen molar-refractivity contribution in [2.24, 2.45) is 5.92 Å². The van der Waals surface area contributed by atoms with Crippen molar-refractivity contribution in [3.63, 3.8) is 0 Å². The first-order valence-electron chi connectivity index (χ1n) is 5.60. The number of ether oxygens (including phenoxy) is 2. The average molecular weight is 238 g/mol. The quantitative estimate of drug-likeness (QED) is 0.740. The molecular formula is C13H15FO3. The second-order valence-corrected chi connectivity index (χ2v) is 4.26. The van der Waals surface area contributed by atoms with Gasteiger partial charge in [-0.15, -0.1) is 0 Å². The van der Waals surface area contributed by atoms with Crippen LogP contribution in [0.5, 0.6) is 11.5 Å². The first-order valence-corrected chi connectivity index (χ1v) is 5.60. The van der Waals surface area contributed by atoms with Gasteiger partial charge in [0.25, 0.3) is 0 Å². The Bertz CT molecular complexity index is 439. The van der Waals surface area contributed by atoms with Crippen molar-refractivity contribution in [2.45, 2.75) is 19.3 Å². The fraction of sp³-hybridized carbons (Fsp3) is 0.462. The van der Waals surface area contributed by atoms with Gasteiger partial charge in [-0.05, 0) is 24.8 Å². The lowest BCUT2D eigenvalue weighted by Crippen LogP contribution is -2.05.